The summed E-state index contributed by atoms with van der Waals surface area (Å²) in [5.74, 6) is 0.450. The molecule has 108 valence electrons. The molecule has 20 heavy (non-hydrogen) atoms. The van der Waals surface area contributed by atoms with Gasteiger partial charge in [-0.25, -0.2) is 13.1 Å². The van der Waals surface area contributed by atoms with Crippen LogP contribution in [0, 0.1) is 0 Å². The van der Waals surface area contributed by atoms with Crippen molar-refractivity contribution < 1.29 is 8.42 Å². The summed E-state index contributed by atoms with van der Waals surface area (Å²) in [4.78, 5) is 0.207. The van der Waals surface area contributed by atoms with Crippen LogP contribution >= 0.6 is 0 Å². The molecule has 1 aromatic heterocycles. The first-order valence-electron chi connectivity index (χ1n) is 6.29. The molecule has 0 amide bonds. The molecule has 0 bridgehead atoms. The number of nitrogens with one attached hydrogen (secondary N) is 2. The summed E-state index contributed by atoms with van der Waals surface area (Å²) in [5, 5.41) is 6.99. The first kappa shape index (κ1) is 14.4. The summed E-state index contributed by atoms with van der Waals surface area (Å²) in [6.45, 7) is 3.87. The zero-order chi connectivity index (χ0) is 14.8. The Bertz CT molecular complexity index is 692. The number of sulfonamides is 1. The maximum Gasteiger partial charge on any atom is 0.265 e. The average molecular weight is 294 g/mol. The summed E-state index contributed by atoms with van der Waals surface area (Å²) in [7, 11) is -1.97. The lowest BCUT2D eigenvalue weighted by Gasteiger charge is -2.14. The molecule has 6 nitrogen and oxygen atoms in total. The number of para-hydroxylation sites is 1. The van der Waals surface area contributed by atoms with Gasteiger partial charge in [-0.3, -0.25) is 4.72 Å². The van der Waals surface area contributed by atoms with Crippen molar-refractivity contribution in [1.29, 1.82) is 0 Å². The Morgan fingerprint density at radius 3 is 2.55 bits per heavy atom. The molecule has 0 saturated heterocycles. The van der Waals surface area contributed by atoms with E-state index in [2.05, 4.69) is 15.1 Å². The predicted molar refractivity (Wildman–Crippen MR) is 79.4 cm³/mol. The van der Waals surface area contributed by atoms with Gasteiger partial charge in [-0.2, -0.15) is 5.10 Å². The van der Waals surface area contributed by atoms with Gasteiger partial charge in [-0.15, -0.1) is 0 Å². The Labute approximate surface area is 118 Å². The van der Waals surface area contributed by atoms with Crippen molar-refractivity contribution in [2.45, 2.75) is 24.8 Å². The largest absolute Gasteiger partial charge is 0.387 e. The number of aromatic nitrogens is 2. The van der Waals surface area contributed by atoms with Crippen LogP contribution in [0.1, 0.15) is 19.9 Å². The molecule has 2 rings (SSSR count). The van der Waals surface area contributed by atoms with Gasteiger partial charge in [0.05, 0.1) is 11.9 Å². The van der Waals surface area contributed by atoms with Crippen LogP contribution in [0.5, 0.6) is 0 Å². The molecular formula is C13H18N4O2S. The highest BCUT2D eigenvalue weighted by Crippen LogP contribution is 2.24. The fraction of sp³-hybridized carbons (Fsp3) is 0.308. The highest BCUT2D eigenvalue weighted by atomic mass is 32.2. The lowest BCUT2D eigenvalue weighted by Crippen LogP contribution is -2.18. The standard InChI is InChI=1S/C13H18N4O2S/c1-10(2)17-13(8-9-15-17)16-20(18,19)12-7-5-4-6-11(12)14-3/h4-10,14,16H,1-3H3. The summed E-state index contributed by atoms with van der Waals surface area (Å²) >= 11 is 0. The second-order valence-corrected chi connectivity index (χ2v) is 6.26. The van der Waals surface area contributed by atoms with Crippen molar-refractivity contribution >= 4 is 21.5 Å². The van der Waals surface area contributed by atoms with Gasteiger partial charge >= 0.3 is 0 Å². The average Bonchev–Trinajstić information content (AvgIpc) is 2.86. The molecule has 0 radical (unpaired) electrons. The van der Waals surface area contributed by atoms with Crippen molar-refractivity contribution in [3.05, 3.63) is 36.5 Å². The number of benzene rings is 1. The molecule has 1 aromatic carbocycles. The Morgan fingerprint density at radius 2 is 1.90 bits per heavy atom. The van der Waals surface area contributed by atoms with Crippen LogP contribution < -0.4 is 10.0 Å². The minimum Gasteiger partial charge on any atom is -0.387 e. The summed E-state index contributed by atoms with van der Waals surface area (Å²) in [6, 6.07) is 8.46. The Morgan fingerprint density at radius 1 is 1.20 bits per heavy atom. The molecule has 7 heteroatoms. The van der Waals surface area contributed by atoms with E-state index in [1.54, 1.807) is 48.3 Å². The number of nitrogens with zero attached hydrogens (tertiary/aromatic N) is 2. The van der Waals surface area contributed by atoms with Crippen LogP contribution in [0.15, 0.2) is 41.4 Å². The van der Waals surface area contributed by atoms with E-state index in [4.69, 9.17) is 0 Å². The van der Waals surface area contributed by atoms with Crippen LogP contribution in [-0.4, -0.2) is 25.2 Å². The zero-order valence-corrected chi connectivity index (χ0v) is 12.5. The molecule has 1 heterocycles. The van der Waals surface area contributed by atoms with E-state index in [1.165, 1.54) is 0 Å². The third-order valence-electron chi connectivity index (χ3n) is 2.84. The van der Waals surface area contributed by atoms with Gasteiger partial charge in [0.25, 0.3) is 10.0 Å². The van der Waals surface area contributed by atoms with Crippen LogP contribution in [0.3, 0.4) is 0 Å². The number of hydrogen-bond acceptors (Lipinski definition) is 4. The monoisotopic (exact) mass is 294 g/mol. The molecule has 0 fully saturated rings. The van der Waals surface area contributed by atoms with Gasteiger partial charge in [-0.05, 0) is 26.0 Å². The van der Waals surface area contributed by atoms with Gasteiger partial charge in [0.2, 0.25) is 0 Å². The van der Waals surface area contributed by atoms with Crippen molar-refractivity contribution in [1.82, 2.24) is 9.78 Å². The summed E-state index contributed by atoms with van der Waals surface area (Å²) < 4.78 is 29.1. The molecule has 0 saturated carbocycles. The van der Waals surface area contributed by atoms with Crippen LogP contribution in [-0.2, 0) is 10.0 Å². The quantitative estimate of drug-likeness (QED) is 0.887. The lowest BCUT2D eigenvalue weighted by atomic mass is 10.3. The second kappa shape index (κ2) is 5.54. The molecule has 0 aliphatic carbocycles. The van der Waals surface area contributed by atoms with Crippen molar-refractivity contribution in [3.63, 3.8) is 0 Å². The minimum atomic E-state index is -3.66. The summed E-state index contributed by atoms with van der Waals surface area (Å²) in [6.07, 6.45) is 1.57. The number of anilines is 2. The van der Waals surface area contributed by atoms with E-state index < -0.39 is 10.0 Å². The van der Waals surface area contributed by atoms with E-state index in [9.17, 15) is 8.42 Å². The van der Waals surface area contributed by atoms with E-state index in [0.717, 1.165) is 0 Å². The molecule has 2 N–H and O–H groups in total. The highest BCUT2D eigenvalue weighted by Gasteiger charge is 2.20. The normalized spacial score (nSPS) is 11.6. The van der Waals surface area contributed by atoms with Gasteiger partial charge in [0, 0.05) is 19.2 Å². The maximum absolute atomic E-state index is 12.5. The predicted octanol–water partition coefficient (Wildman–Crippen LogP) is 2.31. The summed E-state index contributed by atoms with van der Waals surface area (Å²) in [5.41, 5.74) is 0.551. The van der Waals surface area contributed by atoms with Gasteiger partial charge in [0.1, 0.15) is 10.7 Å². The fourth-order valence-electron chi connectivity index (χ4n) is 1.91. The molecule has 0 atom stereocenters. The van der Waals surface area contributed by atoms with E-state index >= 15 is 0 Å². The number of rotatable bonds is 5. The SMILES string of the molecule is CNc1ccccc1S(=O)(=O)Nc1ccnn1C(C)C. The molecule has 0 aliphatic rings. The molecule has 0 spiro atoms. The molecular weight excluding hydrogens is 276 g/mol. The molecule has 0 aliphatic heterocycles. The lowest BCUT2D eigenvalue weighted by molar-refractivity contribution is 0.539. The number of hydrogen-bond donors (Lipinski definition) is 2. The van der Waals surface area contributed by atoms with Crippen LogP contribution in [0.2, 0.25) is 0 Å². The maximum atomic E-state index is 12.5. The van der Waals surface area contributed by atoms with Crippen LogP contribution in [0.4, 0.5) is 11.5 Å². The molecule has 0 unspecified atom stereocenters. The van der Waals surface area contributed by atoms with Gasteiger partial charge in [0.15, 0.2) is 0 Å². The van der Waals surface area contributed by atoms with Gasteiger partial charge < -0.3 is 5.32 Å². The third-order valence-corrected chi connectivity index (χ3v) is 4.26. The zero-order valence-electron chi connectivity index (χ0n) is 11.7. The minimum absolute atomic E-state index is 0.0715. The Hall–Kier alpha value is -2.02. The third kappa shape index (κ3) is 2.77. The van der Waals surface area contributed by atoms with E-state index in [1.807, 2.05) is 13.8 Å². The Kier molecular flexibility index (Phi) is 3.99. The van der Waals surface area contributed by atoms with Gasteiger partial charge in [-0.1, -0.05) is 12.1 Å². The fourth-order valence-corrected chi connectivity index (χ4v) is 3.17. The highest BCUT2D eigenvalue weighted by molar-refractivity contribution is 7.92. The van der Waals surface area contributed by atoms with Crippen molar-refractivity contribution in [2.75, 3.05) is 17.1 Å². The van der Waals surface area contributed by atoms with E-state index in [0.29, 0.717) is 11.5 Å². The van der Waals surface area contributed by atoms with Crippen molar-refractivity contribution in [3.8, 4) is 0 Å². The van der Waals surface area contributed by atoms with E-state index in [-0.39, 0.29) is 10.9 Å². The Balaban J connectivity index is 2.39. The second-order valence-electron chi connectivity index (χ2n) is 4.61. The first-order chi connectivity index (χ1) is 9.45. The molecule has 2 aromatic rings. The van der Waals surface area contributed by atoms with Crippen molar-refractivity contribution in [2.24, 2.45) is 0 Å². The first-order valence-corrected chi connectivity index (χ1v) is 7.77. The topological polar surface area (TPSA) is 76.0 Å². The smallest absolute Gasteiger partial charge is 0.265 e. The van der Waals surface area contributed by atoms with Crippen LogP contribution in [0.25, 0.3) is 0 Å².